The Morgan fingerprint density at radius 1 is 1.24 bits per heavy atom. The Morgan fingerprint density at radius 2 is 2.00 bits per heavy atom. The van der Waals surface area contributed by atoms with Crippen LogP contribution in [0.1, 0.15) is 42.5 Å². The van der Waals surface area contributed by atoms with Gasteiger partial charge in [-0.15, -0.1) is 0 Å². The maximum atomic E-state index is 12.0. The molecule has 17 heavy (non-hydrogen) atoms. The fourth-order valence-electron chi connectivity index (χ4n) is 2.64. The molecular weight excluding hydrogens is 218 g/mol. The van der Waals surface area contributed by atoms with Gasteiger partial charge in [-0.25, -0.2) is 0 Å². The quantitative estimate of drug-likeness (QED) is 0.722. The molecule has 1 heterocycles. The minimum atomic E-state index is -0.546. The van der Waals surface area contributed by atoms with E-state index in [0.717, 1.165) is 25.7 Å². The van der Waals surface area contributed by atoms with E-state index < -0.39 is 5.72 Å². The summed E-state index contributed by atoms with van der Waals surface area (Å²) in [6.45, 7) is 0. The number of benzene rings is 1. The molecule has 1 spiro atoms. The number of ether oxygens (including phenoxy) is 1. The standard InChI is InChI=1S/C13H15NO3/c15-9-4-5-10-11(8-9)17-13(14-12(10)16)6-2-1-3-7-13/h4-5,8,15H,1-3,6-7H2,(H,14,16). The highest BCUT2D eigenvalue weighted by Gasteiger charge is 2.40. The predicted octanol–water partition coefficient (Wildman–Crippen LogP) is 2.17. The van der Waals surface area contributed by atoms with Gasteiger partial charge in [0, 0.05) is 18.9 Å². The third-order valence-electron chi connectivity index (χ3n) is 3.52. The zero-order valence-corrected chi connectivity index (χ0v) is 9.53. The van der Waals surface area contributed by atoms with E-state index in [4.69, 9.17) is 4.74 Å². The van der Waals surface area contributed by atoms with E-state index in [1.54, 1.807) is 6.07 Å². The number of aromatic hydroxyl groups is 1. The average Bonchev–Trinajstić information content (AvgIpc) is 2.29. The van der Waals surface area contributed by atoms with Crippen LogP contribution in [0.5, 0.6) is 11.5 Å². The van der Waals surface area contributed by atoms with Gasteiger partial charge < -0.3 is 15.2 Å². The average molecular weight is 233 g/mol. The molecule has 0 aromatic heterocycles. The molecular formula is C13H15NO3. The maximum Gasteiger partial charge on any atom is 0.258 e. The van der Waals surface area contributed by atoms with E-state index in [2.05, 4.69) is 5.32 Å². The monoisotopic (exact) mass is 233 g/mol. The molecule has 0 atom stereocenters. The zero-order valence-electron chi connectivity index (χ0n) is 9.53. The molecule has 90 valence electrons. The fraction of sp³-hybridized carbons (Fsp3) is 0.462. The molecule has 1 saturated carbocycles. The topological polar surface area (TPSA) is 58.6 Å². The summed E-state index contributed by atoms with van der Waals surface area (Å²) < 4.78 is 5.92. The summed E-state index contributed by atoms with van der Waals surface area (Å²) in [5, 5.41) is 12.4. The van der Waals surface area contributed by atoms with Crippen molar-refractivity contribution in [3.05, 3.63) is 23.8 Å². The number of nitrogens with one attached hydrogen (secondary N) is 1. The van der Waals surface area contributed by atoms with Crippen molar-refractivity contribution < 1.29 is 14.6 Å². The van der Waals surface area contributed by atoms with Crippen LogP contribution >= 0.6 is 0 Å². The second-order valence-corrected chi connectivity index (χ2v) is 4.79. The number of hydrogen-bond donors (Lipinski definition) is 2. The van der Waals surface area contributed by atoms with Crippen molar-refractivity contribution in [2.45, 2.75) is 37.8 Å². The lowest BCUT2D eigenvalue weighted by Crippen LogP contribution is -2.56. The normalized spacial score (nSPS) is 21.5. The minimum Gasteiger partial charge on any atom is -0.508 e. The summed E-state index contributed by atoms with van der Waals surface area (Å²) in [5.74, 6) is 0.521. The number of phenolic OH excluding ortho intramolecular Hbond substituents is 1. The molecule has 2 aliphatic rings. The first-order valence-corrected chi connectivity index (χ1v) is 6.03. The highest BCUT2D eigenvalue weighted by atomic mass is 16.5. The van der Waals surface area contributed by atoms with Crippen molar-refractivity contribution >= 4 is 5.91 Å². The van der Waals surface area contributed by atoms with Crippen molar-refractivity contribution in [1.29, 1.82) is 0 Å². The number of fused-ring (bicyclic) bond motifs is 1. The number of carbonyl (C=O) groups excluding carboxylic acids is 1. The van der Waals surface area contributed by atoms with E-state index in [1.807, 2.05) is 0 Å². The summed E-state index contributed by atoms with van der Waals surface area (Å²) in [5.41, 5.74) is -0.0464. The van der Waals surface area contributed by atoms with Crippen LogP contribution in [0, 0.1) is 0 Å². The molecule has 1 amide bonds. The summed E-state index contributed by atoms with van der Waals surface area (Å²) in [7, 11) is 0. The van der Waals surface area contributed by atoms with Gasteiger partial charge in [-0.05, 0) is 25.0 Å². The third kappa shape index (κ3) is 1.73. The molecule has 1 aliphatic heterocycles. The van der Waals surface area contributed by atoms with E-state index in [9.17, 15) is 9.90 Å². The van der Waals surface area contributed by atoms with Crippen LogP contribution in [0.15, 0.2) is 18.2 Å². The molecule has 1 aromatic rings. The Labute approximate surface area is 99.6 Å². The predicted molar refractivity (Wildman–Crippen MR) is 62.0 cm³/mol. The van der Waals surface area contributed by atoms with Crippen molar-refractivity contribution in [2.75, 3.05) is 0 Å². The molecule has 1 aliphatic carbocycles. The van der Waals surface area contributed by atoms with Gasteiger partial charge >= 0.3 is 0 Å². The molecule has 0 radical (unpaired) electrons. The molecule has 0 unspecified atom stereocenters. The molecule has 0 saturated heterocycles. The molecule has 3 rings (SSSR count). The lowest BCUT2D eigenvalue weighted by atomic mass is 9.90. The number of hydrogen-bond acceptors (Lipinski definition) is 3. The van der Waals surface area contributed by atoms with Crippen LogP contribution in [0.4, 0.5) is 0 Å². The zero-order chi connectivity index (χ0) is 11.9. The van der Waals surface area contributed by atoms with E-state index in [1.165, 1.54) is 18.6 Å². The second kappa shape index (κ2) is 3.65. The molecule has 2 N–H and O–H groups in total. The van der Waals surface area contributed by atoms with Crippen LogP contribution < -0.4 is 10.1 Å². The second-order valence-electron chi connectivity index (χ2n) is 4.79. The van der Waals surface area contributed by atoms with E-state index in [-0.39, 0.29) is 11.7 Å². The van der Waals surface area contributed by atoms with Crippen LogP contribution in [0.3, 0.4) is 0 Å². The van der Waals surface area contributed by atoms with Gasteiger partial charge in [0.2, 0.25) is 0 Å². The summed E-state index contributed by atoms with van der Waals surface area (Å²) in [6, 6.07) is 4.61. The first kappa shape index (κ1) is 10.4. The first-order valence-electron chi connectivity index (χ1n) is 6.03. The van der Waals surface area contributed by atoms with Crippen LogP contribution in [0.2, 0.25) is 0 Å². The Morgan fingerprint density at radius 3 is 2.76 bits per heavy atom. The number of amides is 1. The van der Waals surface area contributed by atoms with Crippen LogP contribution in [-0.2, 0) is 0 Å². The van der Waals surface area contributed by atoms with Gasteiger partial charge in [-0.1, -0.05) is 6.42 Å². The Kier molecular flexibility index (Phi) is 2.24. The third-order valence-corrected chi connectivity index (χ3v) is 3.52. The molecule has 4 nitrogen and oxygen atoms in total. The Balaban J connectivity index is 1.98. The van der Waals surface area contributed by atoms with Gasteiger partial charge in [0.25, 0.3) is 5.91 Å². The van der Waals surface area contributed by atoms with Gasteiger partial charge in [0.1, 0.15) is 11.5 Å². The van der Waals surface area contributed by atoms with Crippen LogP contribution in [-0.4, -0.2) is 16.7 Å². The highest BCUT2D eigenvalue weighted by molar-refractivity contribution is 5.98. The minimum absolute atomic E-state index is 0.104. The number of carbonyl (C=O) groups is 1. The van der Waals surface area contributed by atoms with Gasteiger partial charge in [0.15, 0.2) is 5.72 Å². The first-order chi connectivity index (χ1) is 8.19. The number of phenols is 1. The van der Waals surface area contributed by atoms with Crippen molar-refractivity contribution in [3.8, 4) is 11.5 Å². The maximum absolute atomic E-state index is 12.0. The van der Waals surface area contributed by atoms with Crippen molar-refractivity contribution in [1.82, 2.24) is 5.32 Å². The Hall–Kier alpha value is -1.71. The number of rotatable bonds is 0. The largest absolute Gasteiger partial charge is 0.508 e. The van der Waals surface area contributed by atoms with E-state index in [0.29, 0.717) is 11.3 Å². The summed E-state index contributed by atoms with van der Waals surface area (Å²) >= 11 is 0. The van der Waals surface area contributed by atoms with Gasteiger partial charge in [0.05, 0.1) is 5.56 Å². The smallest absolute Gasteiger partial charge is 0.258 e. The Bertz CT molecular complexity index is 464. The SMILES string of the molecule is O=C1NC2(CCCCC2)Oc2cc(O)ccc21. The fourth-order valence-corrected chi connectivity index (χ4v) is 2.64. The van der Waals surface area contributed by atoms with Crippen molar-refractivity contribution in [3.63, 3.8) is 0 Å². The lowest BCUT2D eigenvalue weighted by Gasteiger charge is -2.41. The summed E-state index contributed by atoms with van der Waals surface area (Å²) in [4.78, 5) is 12.0. The van der Waals surface area contributed by atoms with E-state index >= 15 is 0 Å². The van der Waals surface area contributed by atoms with Crippen molar-refractivity contribution in [2.24, 2.45) is 0 Å². The summed E-state index contributed by atoms with van der Waals surface area (Å²) in [6.07, 6.45) is 5.00. The molecule has 1 aromatic carbocycles. The molecule has 4 heteroatoms. The lowest BCUT2D eigenvalue weighted by molar-refractivity contribution is -0.00874. The molecule has 0 bridgehead atoms. The molecule has 1 fully saturated rings. The van der Waals surface area contributed by atoms with Gasteiger partial charge in [-0.3, -0.25) is 4.79 Å². The highest BCUT2D eigenvalue weighted by Crippen LogP contribution is 2.37. The van der Waals surface area contributed by atoms with Gasteiger partial charge in [-0.2, -0.15) is 0 Å². The van der Waals surface area contributed by atoms with Crippen LogP contribution in [0.25, 0.3) is 0 Å².